The van der Waals surface area contributed by atoms with Crippen molar-refractivity contribution in [3.8, 4) is 0 Å². The van der Waals surface area contributed by atoms with Gasteiger partial charge in [0.25, 0.3) is 0 Å². The van der Waals surface area contributed by atoms with Crippen LogP contribution in [0.15, 0.2) is 24.3 Å². The maximum Gasteiger partial charge on any atom is 0.220 e. The number of hydrogen-bond donors (Lipinski definition) is 9. The smallest absolute Gasteiger partial charge is 0.220 e. The number of aliphatic hydroxyl groups is 8. The molecule has 0 aromatic rings. The van der Waals surface area contributed by atoms with E-state index in [9.17, 15) is 45.6 Å². The summed E-state index contributed by atoms with van der Waals surface area (Å²) in [4.78, 5) is 13.3. The molecule has 1 amide bonds. The fourth-order valence-corrected chi connectivity index (χ4v) is 10.7. The predicted molar refractivity (Wildman–Crippen MR) is 309 cm³/mol. The van der Waals surface area contributed by atoms with Crippen molar-refractivity contribution in [3.63, 3.8) is 0 Å². The molecule has 0 aromatic carbocycles. The van der Waals surface area contributed by atoms with Crippen LogP contribution in [-0.2, 0) is 23.7 Å². The molecule has 2 heterocycles. The minimum Gasteiger partial charge on any atom is -0.394 e. The van der Waals surface area contributed by atoms with Gasteiger partial charge in [0.15, 0.2) is 12.6 Å². The fourth-order valence-electron chi connectivity index (χ4n) is 10.7. The van der Waals surface area contributed by atoms with Crippen LogP contribution in [0.2, 0.25) is 0 Å². The van der Waals surface area contributed by atoms with Crippen LogP contribution in [0.3, 0.4) is 0 Å². The number of amides is 1. The Morgan fingerprint density at radius 3 is 1.27 bits per heavy atom. The van der Waals surface area contributed by atoms with Gasteiger partial charge in [-0.3, -0.25) is 4.79 Å². The van der Waals surface area contributed by atoms with Crippen molar-refractivity contribution in [2.24, 2.45) is 0 Å². The number of hydrogen-bond acceptors (Lipinski definition) is 13. The summed E-state index contributed by atoms with van der Waals surface area (Å²) in [7, 11) is 0. The highest BCUT2D eigenvalue weighted by Gasteiger charge is 2.51. The topological polar surface area (TPSA) is 228 Å². The SMILES string of the molecule is CCCCCCCCCCCCCCCCCC/C=C/CC/C=C/C(O)C(COC1OC(CO)C(OC2OC(CO)C(O)C(O)C2O)C(O)C1O)NC(=O)CCCCCCCCCCCCCCCCCCCCCCC. The number of carbonyl (C=O) groups is 1. The Morgan fingerprint density at radius 1 is 0.455 bits per heavy atom. The standard InChI is InChI=1S/C63H119NO13/c1-3-5-7-9-11-13-15-17-19-21-23-25-27-28-30-32-34-36-38-40-42-44-46-52(67)51(50-74-62-60(73)58(71)61(54(49-66)76-62)77-63-59(72)57(70)56(69)53(48-65)75-63)64-55(68)47-45-43-41-39-37-35-33-31-29-26-24-22-20-18-16-14-12-10-8-6-4-2/h36,38,44,46,51-54,56-63,65-67,69-73H,3-35,37,39-43,45,47-50H2,1-2H3,(H,64,68)/b38-36+,46-44+. The molecule has 9 N–H and O–H groups in total. The van der Waals surface area contributed by atoms with E-state index in [1.165, 1.54) is 212 Å². The Morgan fingerprint density at radius 2 is 0.831 bits per heavy atom. The van der Waals surface area contributed by atoms with Crippen LogP contribution in [0.25, 0.3) is 0 Å². The molecule has 12 unspecified atom stereocenters. The molecule has 14 heteroatoms. The third kappa shape index (κ3) is 34.5. The van der Waals surface area contributed by atoms with Crippen molar-refractivity contribution in [1.29, 1.82) is 0 Å². The van der Waals surface area contributed by atoms with Gasteiger partial charge in [-0.2, -0.15) is 0 Å². The van der Waals surface area contributed by atoms with Gasteiger partial charge in [0.2, 0.25) is 5.91 Å². The van der Waals surface area contributed by atoms with Crippen molar-refractivity contribution < 1.29 is 64.6 Å². The van der Waals surface area contributed by atoms with Crippen molar-refractivity contribution in [2.75, 3.05) is 19.8 Å². The largest absolute Gasteiger partial charge is 0.394 e. The molecule has 2 aliphatic heterocycles. The molecule has 12 atom stereocenters. The van der Waals surface area contributed by atoms with E-state index < -0.39 is 86.8 Å². The minimum atomic E-state index is -1.79. The molecule has 0 aromatic heterocycles. The van der Waals surface area contributed by atoms with Crippen LogP contribution in [0.4, 0.5) is 0 Å². The van der Waals surface area contributed by atoms with Crippen molar-refractivity contribution in [1.82, 2.24) is 5.32 Å². The Labute approximate surface area is 468 Å². The molecule has 2 saturated heterocycles. The van der Waals surface area contributed by atoms with Gasteiger partial charge in [0.1, 0.15) is 48.8 Å². The number of unbranched alkanes of at least 4 members (excludes halogenated alkanes) is 37. The number of nitrogens with one attached hydrogen (secondary N) is 1. The molecule has 0 bridgehead atoms. The van der Waals surface area contributed by atoms with Crippen molar-refractivity contribution in [2.45, 2.75) is 351 Å². The average Bonchev–Trinajstić information content (AvgIpc) is 3.44. The first-order chi connectivity index (χ1) is 37.6. The summed E-state index contributed by atoms with van der Waals surface area (Å²) in [6, 6.07) is -0.928. The highest BCUT2D eigenvalue weighted by molar-refractivity contribution is 5.76. The number of aliphatic hydroxyl groups excluding tert-OH is 8. The first-order valence-electron chi connectivity index (χ1n) is 32.1. The highest BCUT2D eigenvalue weighted by atomic mass is 16.7. The van der Waals surface area contributed by atoms with Gasteiger partial charge in [0.05, 0.1) is 32.0 Å². The molecular formula is C63H119NO13. The van der Waals surface area contributed by atoms with Crippen molar-refractivity contribution >= 4 is 5.91 Å². The van der Waals surface area contributed by atoms with Gasteiger partial charge in [-0.25, -0.2) is 0 Å². The van der Waals surface area contributed by atoms with Gasteiger partial charge >= 0.3 is 0 Å². The lowest BCUT2D eigenvalue weighted by Crippen LogP contribution is -2.65. The lowest BCUT2D eigenvalue weighted by Gasteiger charge is -2.46. The summed E-state index contributed by atoms with van der Waals surface area (Å²) in [5.41, 5.74) is 0. The van der Waals surface area contributed by atoms with E-state index in [2.05, 4.69) is 31.3 Å². The molecule has 2 aliphatic rings. The van der Waals surface area contributed by atoms with Gasteiger partial charge in [-0.05, 0) is 32.1 Å². The van der Waals surface area contributed by atoms with E-state index in [1.54, 1.807) is 6.08 Å². The van der Waals surface area contributed by atoms with Crippen LogP contribution >= 0.6 is 0 Å². The van der Waals surface area contributed by atoms with Crippen molar-refractivity contribution in [3.05, 3.63) is 24.3 Å². The predicted octanol–water partition coefficient (Wildman–Crippen LogP) is 11.6. The second kappa shape index (κ2) is 49.1. The molecule has 0 radical (unpaired) electrons. The summed E-state index contributed by atoms with van der Waals surface area (Å²) in [6.07, 6.45) is 42.2. The van der Waals surface area contributed by atoms with Gasteiger partial charge in [-0.1, -0.05) is 263 Å². The number of carbonyl (C=O) groups excluding carboxylic acids is 1. The van der Waals surface area contributed by atoms with Gasteiger partial charge < -0.3 is 65.1 Å². The maximum absolute atomic E-state index is 13.3. The lowest BCUT2D eigenvalue weighted by molar-refractivity contribution is -0.359. The Hall–Kier alpha value is -1.53. The lowest BCUT2D eigenvalue weighted by atomic mass is 9.97. The average molecular weight is 1100 g/mol. The van der Waals surface area contributed by atoms with E-state index in [1.807, 2.05) is 6.08 Å². The number of rotatable bonds is 52. The van der Waals surface area contributed by atoms with Crippen LogP contribution in [0, 0.1) is 0 Å². The second-order valence-corrected chi connectivity index (χ2v) is 22.9. The second-order valence-electron chi connectivity index (χ2n) is 22.9. The summed E-state index contributed by atoms with van der Waals surface area (Å²) >= 11 is 0. The summed E-state index contributed by atoms with van der Waals surface area (Å²) in [5, 5.41) is 87.2. The summed E-state index contributed by atoms with van der Waals surface area (Å²) in [6.45, 7) is 2.82. The van der Waals surface area contributed by atoms with E-state index in [4.69, 9.17) is 18.9 Å². The van der Waals surface area contributed by atoms with Crippen LogP contribution < -0.4 is 5.32 Å². The van der Waals surface area contributed by atoms with E-state index >= 15 is 0 Å². The number of ether oxygens (including phenoxy) is 4. The summed E-state index contributed by atoms with van der Waals surface area (Å²) in [5.74, 6) is -0.243. The normalized spacial score (nSPS) is 24.8. The number of allylic oxidation sites excluding steroid dienone is 3. The molecule has 454 valence electrons. The molecular weight excluding hydrogens is 979 g/mol. The maximum atomic E-state index is 13.3. The molecule has 77 heavy (non-hydrogen) atoms. The van der Waals surface area contributed by atoms with Crippen LogP contribution in [-0.4, -0.2) is 140 Å². The van der Waals surface area contributed by atoms with Gasteiger partial charge in [-0.15, -0.1) is 0 Å². The first kappa shape index (κ1) is 71.6. The zero-order valence-electron chi connectivity index (χ0n) is 49.0. The third-order valence-corrected chi connectivity index (χ3v) is 15.9. The van der Waals surface area contributed by atoms with E-state index in [0.29, 0.717) is 12.8 Å². The molecule has 2 fully saturated rings. The Kier molecular flexibility index (Phi) is 45.7. The van der Waals surface area contributed by atoms with E-state index in [-0.39, 0.29) is 18.9 Å². The summed E-state index contributed by atoms with van der Waals surface area (Å²) < 4.78 is 22.8. The molecule has 0 aliphatic carbocycles. The Bertz CT molecular complexity index is 1390. The quantitative estimate of drug-likeness (QED) is 0.0204. The van der Waals surface area contributed by atoms with E-state index in [0.717, 1.165) is 32.1 Å². The minimum absolute atomic E-state index is 0.243. The molecule has 0 spiro atoms. The first-order valence-corrected chi connectivity index (χ1v) is 32.1. The zero-order valence-corrected chi connectivity index (χ0v) is 49.0. The zero-order chi connectivity index (χ0) is 56.0. The molecule has 2 rings (SSSR count). The fraction of sp³-hybridized carbons (Fsp3) is 0.921. The third-order valence-electron chi connectivity index (χ3n) is 15.9. The molecule has 14 nitrogen and oxygen atoms in total. The molecule has 0 saturated carbocycles. The Balaban J connectivity index is 1.75. The highest BCUT2D eigenvalue weighted by Crippen LogP contribution is 2.30. The van der Waals surface area contributed by atoms with Crippen LogP contribution in [0.5, 0.6) is 0 Å². The van der Waals surface area contributed by atoms with Crippen LogP contribution in [0.1, 0.15) is 277 Å². The van der Waals surface area contributed by atoms with Gasteiger partial charge in [0, 0.05) is 6.42 Å². The monoisotopic (exact) mass is 1100 g/mol.